The van der Waals surface area contributed by atoms with Gasteiger partial charge < -0.3 is 0 Å². The van der Waals surface area contributed by atoms with Gasteiger partial charge in [-0.2, -0.15) is 0 Å². The number of allylic oxidation sites excluding steroid dienone is 7. The van der Waals surface area contributed by atoms with E-state index in [0.29, 0.717) is 12.0 Å². The molecule has 2 unspecified atom stereocenters. The number of rotatable bonds is 7. The van der Waals surface area contributed by atoms with Crippen LogP contribution in [0.25, 0.3) is 78.7 Å². The molecule has 0 amide bonds. The van der Waals surface area contributed by atoms with Crippen molar-refractivity contribution >= 4 is 34.1 Å². The summed E-state index contributed by atoms with van der Waals surface area (Å²) >= 11 is 0. The zero-order chi connectivity index (χ0) is 38.1. The van der Waals surface area contributed by atoms with Crippen molar-refractivity contribution in [3.05, 3.63) is 186 Å². The quantitative estimate of drug-likeness (QED) is 0.152. The molecule has 10 rings (SSSR count). The van der Waals surface area contributed by atoms with Crippen LogP contribution in [0.3, 0.4) is 0 Å². The molecule has 0 N–H and O–H groups in total. The van der Waals surface area contributed by atoms with Gasteiger partial charge in [-0.1, -0.05) is 134 Å². The summed E-state index contributed by atoms with van der Waals surface area (Å²) in [7, 11) is 2.27. The Morgan fingerprint density at radius 1 is 0.509 bits per heavy atom. The van der Waals surface area contributed by atoms with E-state index in [0.717, 1.165) is 56.3 Å². The first-order chi connectivity index (χ1) is 28.2. The highest BCUT2D eigenvalue weighted by molar-refractivity contribution is 6.06. The highest BCUT2D eigenvalue weighted by Crippen LogP contribution is 2.39. The first-order valence-electron chi connectivity index (χ1n) is 20.8. The standard InChI is InChI=1S/C55H48N2/c1-57-33-13-11-21-53(57)41-24-28-42(29-25-41)54-48-18-8-9-19-49(48)55(43-26-22-40(23-27-43)52-20-10-12-32-56-52)51-37-44(30-31-50(51)54)47-35-45(38-14-4-2-5-15-38)34-46(36-47)39-16-6-3-7-17-39/h2,4-6,10-20,22-24,26-32,34-37,41,53H,3,7-9,21,25,33H2,1H3. The molecule has 6 aromatic rings. The maximum Gasteiger partial charge on any atom is 0.0701 e. The van der Waals surface area contributed by atoms with Crippen molar-refractivity contribution in [2.24, 2.45) is 5.92 Å². The number of pyridine rings is 1. The molecule has 1 aliphatic heterocycles. The zero-order valence-electron chi connectivity index (χ0n) is 32.7. The van der Waals surface area contributed by atoms with E-state index < -0.39 is 0 Å². The summed E-state index contributed by atoms with van der Waals surface area (Å²) < 4.78 is 0. The fraction of sp³-hybridized carbons (Fsp3) is 0.182. The minimum absolute atomic E-state index is 0.519. The van der Waals surface area contributed by atoms with Gasteiger partial charge in [0.2, 0.25) is 0 Å². The third kappa shape index (κ3) is 6.89. The molecule has 0 saturated heterocycles. The summed E-state index contributed by atoms with van der Waals surface area (Å²) in [6, 6.07) is 41.0. The number of nitrogens with zero attached hydrogens (tertiary/aromatic N) is 2. The smallest absolute Gasteiger partial charge is 0.0701 e. The van der Waals surface area contributed by atoms with Crippen LogP contribution in [0.15, 0.2) is 164 Å². The van der Waals surface area contributed by atoms with Crippen LogP contribution in [0.5, 0.6) is 0 Å². The molecule has 278 valence electrons. The lowest BCUT2D eigenvalue weighted by Crippen LogP contribution is -2.39. The number of aromatic nitrogens is 1. The Morgan fingerprint density at radius 2 is 1.25 bits per heavy atom. The largest absolute Gasteiger partial charge is 0.299 e. The molecule has 0 fully saturated rings. The third-order valence-corrected chi connectivity index (χ3v) is 12.5. The summed E-state index contributed by atoms with van der Waals surface area (Å²) in [5.74, 6) is 0.519. The molecule has 2 atom stereocenters. The zero-order valence-corrected chi connectivity index (χ0v) is 32.7. The lowest BCUT2D eigenvalue weighted by atomic mass is 9.81. The van der Waals surface area contributed by atoms with Crippen LogP contribution in [0.4, 0.5) is 0 Å². The van der Waals surface area contributed by atoms with Gasteiger partial charge in [0, 0.05) is 24.3 Å². The highest BCUT2D eigenvalue weighted by atomic mass is 15.1. The van der Waals surface area contributed by atoms with Crippen LogP contribution in [0.2, 0.25) is 0 Å². The van der Waals surface area contributed by atoms with Gasteiger partial charge in [0.05, 0.1) is 5.69 Å². The molecule has 0 bridgehead atoms. The predicted molar refractivity (Wildman–Crippen MR) is 243 cm³/mol. The van der Waals surface area contributed by atoms with Gasteiger partial charge in [-0.3, -0.25) is 9.88 Å². The lowest BCUT2D eigenvalue weighted by Gasteiger charge is -2.35. The molecule has 5 aromatic carbocycles. The molecule has 4 aliphatic rings. The second-order valence-corrected chi connectivity index (χ2v) is 16.1. The number of hydrogen-bond acceptors (Lipinski definition) is 2. The molecule has 57 heavy (non-hydrogen) atoms. The van der Waals surface area contributed by atoms with E-state index in [1.807, 2.05) is 12.3 Å². The molecule has 0 radical (unpaired) electrons. The molecule has 0 saturated carbocycles. The van der Waals surface area contributed by atoms with E-state index in [1.165, 1.54) is 76.9 Å². The summed E-state index contributed by atoms with van der Waals surface area (Å²) in [5.41, 5.74) is 14.9. The van der Waals surface area contributed by atoms with Gasteiger partial charge in [0.15, 0.2) is 0 Å². The van der Waals surface area contributed by atoms with Crippen molar-refractivity contribution in [3.63, 3.8) is 0 Å². The minimum atomic E-state index is 0.519. The Morgan fingerprint density at radius 3 is 1.98 bits per heavy atom. The third-order valence-electron chi connectivity index (χ3n) is 12.5. The van der Waals surface area contributed by atoms with Crippen LogP contribution >= 0.6 is 0 Å². The summed E-state index contributed by atoms with van der Waals surface area (Å²) in [6.07, 6.45) is 32.5. The Kier molecular flexibility index (Phi) is 9.58. The molecule has 2 heterocycles. The molecular formula is C55H48N2. The van der Waals surface area contributed by atoms with Gasteiger partial charge in [-0.15, -0.1) is 0 Å². The number of fused-ring (bicyclic) bond motifs is 2. The van der Waals surface area contributed by atoms with Crippen LogP contribution in [-0.2, 0) is 0 Å². The molecular weight excluding hydrogens is 689 g/mol. The molecule has 0 spiro atoms. The normalized spacial score (nSPS) is 19.0. The van der Waals surface area contributed by atoms with Crippen molar-refractivity contribution in [2.45, 2.75) is 44.6 Å². The summed E-state index contributed by atoms with van der Waals surface area (Å²) in [5, 5.41) is 5.35. The van der Waals surface area contributed by atoms with Crippen molar-refractivity contribution in [2.75, 3.05) is 13.6 Å². The van der Waals surface area contributed by atoms with Gasteiger partial charge >= 0.3 is 0 Å². The molecule has 2 nitrogen and oxygen atoms in total. The monoisotopic (exact) mass is 736 g/mol. The van der Waals surface area contributed by atoms with Gasteiger partial charge in [-0.05, 0) is 165 Å². The van der Waals surface area contributed by atoms with Gasteiger partial charge in [0.25, 0.3) is 0 Å². The van der Waals surface area contributed by atoms with E-state index in [1.54, 1.807) is 0 Å². The Balaban J connectivity index is 1.18. The highest BCUT2D eigenvalue weighted by Gasteiger charge is 2.26. The van der Waals surface area contributed by atoms with Crippen molar-refractivity contribution < 1.29 is 0 Å². The average Bonchev–Trinajstić information content (AvgIpc) is 3.29. The topological polar surface area (TPSA) is 16.1 Å². The minimum Gasteiger partial charge on any atom is -0.299 e. The maximum atomic E-state index is 4.65. The SMILES string of the molecule is CN1CC=CCC1C1C=CC(c2c3c(c(-c4ccc(-c5ccccn5)cc4)c4cc(-c5cc(C6=CCCC=C6)cc(-c6ccccc6)c5)ccc24)=CCCC=3)=CC1. The van der Waals surface area contributed by atoms with E-state index in [-0.39, 0.29) is 0 Å². The first kappa shape index (κ1) is 35.3. The van der Waals surface area contributed by atoms with Crippen LogP contribution in [0, 0.1) is 5.92 Å². The Bertz CT molecular complexity index is 2760. The number of likely N-dealkylation sites (N-methyl/N-ethyl adjacent to an activating group) is 1. The second-order valence-electron chi connectivity index (χ2n) is 16.1. The van der Waals surface area contributed by atoms with E-state index in [4.69, 9.17) is 0 Å². The van der Waals surface area contributed by atoms with Crippen LogP contribution in [0.1, 0.15) is 49.7 Å². The molecule has 3 aliphatic carbocycles. The van der Waals surface area contributed by atoms with Crippen molar-refractivity contribution in [1.82, 2.24) is 9.88 Å². The molecule has 1 aromatic heterocycles. The summed E-state index contributed by atoms with van der Waals surface area (Å²) in [6.45, 7) is 1.03. The first-order valence-corrected chi connectivity index (χ1v) is 20.8. The van der Waals surface area contributed by atoms with Crippen LogP contribution in [-0.4, -0.2) is 29.5 Å². The van der Waals surface area contributed by atoms with Crippen molar-refractivity contribution in [1.29, 1.82) is 0 Å². The average molecular weight is 737 g/mol. The van der Waals surface area contributed by atoms with Crippen LogP contribution < -0.4 is 10.4 Å². The fourth-order valence-corrected chi connectivity index (χ4v) is 9.54. The van der Waals surface area contributed by atoms with Crippen molar-refractivity contribution in [3.8, 4) is 44.6 Å². The van der Waals surface area contributed by atoms with E-state index >= 15 is 0 Å². The number of hydrogen-bond donors (Lipinski definition) is 0. The van der Waals surface area contributed by atoms with E-state index in [2.05, 4.69) is 181 Å². The lowest BCUT2D eigenvalue weighted by molar-refractivity contribution is 0.208. The van der Waals surface area contributed by atoms with Gasteiger partial charge in [-0.25, -0.2) is 0 Å². The predicted octanol–water partition coefficient (Wildman–Crippen LogP) is 12.2. The second kappa shape index (κ2) is 15.4. The Labute approximate surface area is 336 Å². The fourth-order valence-electron chi connectivity index (χ4n) is 9.54. The molecule has 2 heteroatoms. The van der Waals surface area contributed by atoms with Gasteiger partial charge in [0.1, 0.15) is 0 Å². The maximum absolute atomic E-state index is 4.65. The summed E-state index contributed by atoms with van der Waals surface area (Å²) in [4.78, 5) is 7.17. The number of benzene rings is 5. The Hall–Kier alpha value is -6.09. The van der Waals surface area contributed by atoms with E-state index in [9.17, 15) is 0 Å².